The molecule has 0 bridgehead atoms. The van der Waals surface area contributed by atoms with Crippen LogP contribution in [0.2, 0.25) is 5.02 Å². The van der Waals surface area contributed by atoms with E-state index >= 15 is 0 Å². The topological polar surface area (TPSA) is 66.5 Å². The molecule has 5 nitrogen and oxygen atoms in total. The van der Waals surface area contributed by atoms with E-state index in [1.54, 1.807) is 36.4 Å². The van der Waals surface area contributed by atoms with Crippen LogP contribution in [0.1, 0.15) is 5.56 Å². The van der Waals surface area contributed by atoms with Crippen LogP contribution in [0.4, 0.5) is 15.8 Å². The van der Waals surface area contributed by atoms with E-state index in [0.29, 0.717) is 12.1 Å². The van der Waals surface area contributed by atoms with Crippen LogP contribution in [0.3, 0.4) is 0 Å². The number of fused-ring (bicyclic) bond motifs is 1. The highest BCUT2D eigenvalue weighted by Gasteiger charge is 2.36. The Morgan fingerprint density at radius 2 is 1.73 bits per heavy atom. The van der Waals surface area contributed by atoms with Gasteiger partial charge in [0.1, 0.15) is 5.82 Å². The number of hydrogen-bond donors (Lipinski definition) is 1. The summed E-state index contributed by atoms with van der Waals surface area (Å²) in [5, 5.41) is 2.62. The number of carbonyl (C=O) groups excluding carboxylic acids is 1. The standard InChI is InChI=1S/C22H18ClFN2O3S/c23-19-11-10-17(13-20(19)24)25-22(27)16-12-15-6-4-5-9-21(15)26(14-16)30(28,29)18-7-2-1-3-8-18/h1-11,13,16H,12,14H2,(H,25,27). The highest BCUT2D eigenvalue weighted by molar-refractivity contribution is 7.92. The lowest BCUT2D eigenvalue weighted by molar-refractivity contribution is -0.119. The van der Waals surface area contributed by atoms with Gasteiger partial charge in [-0.3, -0.25) is 9.10 Å². The van der Waals surface area contributed by atoms with Crippen molar-refractivity contribution in [2.24, 2.45) is 5.92 Å². The number of para-hydroxylation sites is 1. The molecule has 4 rings (SSSR count). The van der Waals surface area contributed by atoms with Crippen molar-refractivity contribution in [1.29, 1.82) is 0 Å². The summed E-state index contributed by atoms with van der Waals surface area (Å²) < 4.78 is 41.6. The Balaban J connectivity index is 1.66. The van der Waals surface area contributed by atoms with E-state index in [1.807, 2.05) is 6.07 Å². The molecule has 1 atom stereocenters. The Labute approximate surface area is 179 Å². The molecule has 1 heterocycles. The minimum Gasteiger partial charge on any atom is -0.326 e. The van der Waals surface area contributed by atoms with Crippen molar-refractivity contribution in [3.05, 3.63) is 89.2 Å². The molecule has 1 amide bonds. The number of anilines is 2. The van der Waals surface area contributed by atoms with E-state index in [2.05, 4.69) is 5.32 Å². The van der Waals surface area contributed by atoms with Crippen molar-refractivity contribution in [2.45, 2.75) is 11.3 Å². The van der Waals surface area contributed by atoms with E-state index in [4.69, 9.17) is 11.6 Å². The normalized spacial score (nSPS) is 16.1. The van der Waals surface area contributed by atoms with E-state index in [1.165, 1.54) is 28.6 Å². The molecule has 1 N–H and O–H groups in total. The number of sulfonamides is 1. The van der Waals surface area contributed by atoms with Crippen LogP contribution in [0.5, 0.6) is 0 Å². The van der Waals surface area contributed by atoms with Gasteiger partial charge in [-0.15, -0.1) is 0 Å². The van der Waals surface area contributed by atoms with Gasteiger partial charge in [-0.05, 0) is 48.4 Å². The molecule has 3 aromatic rings. The molecule has 0 aliphatic carbocycles. The largest absolute Gasteiger partial charge is 0.326 e. The van der Waals surface area contributed by atoms with Gasteiger partial charge < -0.3 is 5.32 Å². The second-order valence-corrected chi connectivity index (χ2v) is 9.27. The molecule has 3 aromatic carbocycles. The Bertz CT molecular complexity index is 1200. The Morgan fingerprint density at radius 3 is 2.47 bits per heavy atom. The molecule has 30 heavy (non-hydrogen) atoms. The summed E-state index contributed by atoms with van der Waals surface area (Å²) in [6.07, 6.45) is 0.374. The highest BCUT2D eigenvalue weighted by Crippen LogP contribution is 2.34. The van der Waals surface area contributed by atoms with Crippen LogP contribution in [-0.2, 0) is 21.2 Å². The summed E-state index contributed by atoms with van der Waals surface area (Å²) in [7, 11) is -3.85. The second kappa shape index (κ2) is 8.08. The van der Waals surface area contributed by atoms with Crippen molar-refractivity contribution >= 4 is 38.9 Å². The summed E-state index contributed by atoms with van der Waals surface area (Å²) in [5.74, 6) is -1.67. The van der Waals surface area contributed by atoms with Crippen molar-refractivity contribution in [1.82, 2.24) is 0 Å². The van der Waals surface area contributed by atoms with E-state index in [9.17, 15) is 17.6 Å². The number of hydrogen-bond acceptors (Lipinski definition) is 3. The van der Waals surface area contributed by atoms with Crippen molar-refractivity contribution < 1.29 is 17.6 Å². The predicted octanol–water partition coefficient (Wildman–Crippen LogP) is 4.49. The van der Waals surface area contributed by atoms with Gasteiger partial charge in [-0.2, -0.15) is 0 Å². The van der Waals surface area contributed by atoms with E-state index in [-0.39, 0.29) is 28.1 Å². The highest BCUT2D eigenvalue weighted by atomic mass is 35.5. The van der Waals surface area contributed by atoms with Gasteiger partial charge in [0, 0.05) is 12.2 Å². The lowest BCUT2D eigenvalue weighted by atomic mass is 9.93. The van der Waals surface area contributed by atoms with Crippen molar-refractivity contribution in [3.8, 4) is 0 Å². The first-order valence-corrected chi connectivity index (χ1v) is 11.1. The zero-order valence-electron chi connectivity index (χ0n) is 15.8. The molecule has 1 aliphatic rings. The molecule has 0 saturated carbocycles. The maximum absolute atomic E-state index is 13.7. The van der Waals surface area contributed by atoms with Gasteiger partial charge in [-0.1, -0.05) is 48.0 Å². The molecule has 1 unspecified atom stereocenters. The Morgan fingerprint density at radius 1 is 1.03 bits per heavy atom. The molecule has 1 aliphatic heterocycles. The molecule has 0 aromatic heterocycles. The Hall–Kier alpha value is -2.90. The van der Waals surface area contributed by atoms with Crippen LogP contribution >= 0.6 is 11.6 Å². The van der Waals surface area contributed by atoms with Crippen LogP contribution in [-0.4, -0.2) is 20.9 Å². The zero-order chi connectivity index (χ0) is 21.3. The smallest absolute Gasteiger partial charge is 0.264 e. The minimum atomic E-state index is -3.85. The van der Waals surface area contributed by atoms with Gasteiger partial charge >= 0.3 is 0 Å². The summed E-state index contributed by atoms with van der Waals surface area (Å²) in [4.78, 5) is 13.0. The molecule has 0 fully saturated rings. The quantitative estimate of drug-likeness (QED) is 0.645. The average Bonchev–Trinajstić information content (AvgIpc) is 2.76. The third kappa shape index (κ3) is 3.91. The molecular formula is C22H18ClFN2O3S. The van der Waals surface area contributed by atoms with Crippen LogP contribution in [0, 0.1) is 11.7 Å². The van der Waals surface area contributed by atoms with Crippen LogP contribution in [0.25, 0.3) is 0 Å². The number of nitrogens with zero attached hydrogens (tertiary/aromatic N) is 1. The predicted molar refractivity (Wildman–Crippen MR) is 115 cm³/mol. The first-order chi connectivity index (χ1) is 14.4. The molecule has 8 heteroatoms. The maximum Gasteiger partial charge on any atom is 0.264 e. The molecule has 0 spiro atoms. The fourth-order valence-corrected chi connectivity index (χ4v) is 5.18. The van der Waals surface area contributed by atoms with Gasteiger partial charge in [0.2, 0.25) is 5.91 Å². The first kappa shape index (κ1) is 20.4. The molecule has 0 saturated heterocycles. The Kier molecular flexibility index (Phi) is 5.49. The van der Waals surface area contributed by atoms with Crippen LogP contribution < -0.4 is 9.62 Å². The molecular weight excluding hydrogens is 427 g/mol. The number of rotatable bonds is 4. The maximum atomic E-state index is 13.7. The number of amides is 1. The SMILES string of the molecule is O=C(Nc1ccc(Cl)c(F)c1)C1Cc2ccccc2N(S(=O)(=O)c2ccccc2)C1. The number of benzene rings is 3. The monoisotopic (exact) mass is 444 g/mol. The third-order valence-corrected chi connectivity index (χ3v) is 7.10. The summed E-state index contributed by atoms with van der Waals surface area (Å²) in [6, 6.07) is 19.2. The average molecular weight is 445 g/mol. The minimum absolute atomic E-state index is 0.0177. The fraction of sp³-hybridized carbons (Fsp3) is 0.136. The summed E-state index contributed by atoms with van der Waals surface area (Å²) in [5.41, 5.74) is 1.58. The van der Waals surface area contributed by atoms with Gasteiger partial charge in [0.15, 0.2) is 0 Å². The molecule has 0 radical (unpaired) electrons. The van der Waals surface area contributed by atoms with E-state index in [0.717, 1.165) is 11.6 Å². The van der Waals surface area contributed by atoms with Gasteiger partial charge in [-0.25, -0.2) is 12.8 Å². The lowest BCUT2D eigenvalue weighted by Crippen LogP contribution is -2.44. The summed E-state index contributed by atoms with van der Waals surface area (Å²) in [6.45, 7) is -0.0177. The van der Waals surface area contributed by atoms with Crippen LogP contribution in [0.15, 0.2) is 77.7 Å². The number of halogens is 2. The van der Waals surface area contributed by atoms with Crippen molar-refractivity contribution in [3.63, 3.8) is 0 Å². The number of nitrogens with one attached hydrogen (secondary N) is 1. The molecule has 154 valence electrons. The second-order valence-electron chi connectivity index (χ2n) is 7.00. The third-order valence-electron chi connectivity index (χ3n) is 5.00. The number of carbonyl (C=O) groups is 1. The zero-order valence-corrected chi connectivity index (χ0v) is 17.3. The fourth-order valence-electron chi connectivity index (χ4n) is 3.50. The van der Waals surface area contributed by atoms with E-state index < -0.39 is 21.8 Å². The van der Waals surface area contributed by atoms with Gasteiger partial charge in [0.05, 0.1) is 21.5 Å². The summed E-state index contributed by atoms with van der Waals surface area (Å²) >= 11 is 5.69. The lowest BCUT2D eigenvalue weighted by Gasteiger charge is -2.34. The van der Waals surface area contributed by atoms with Crippen molar-refractivity contribution in [2.75, 3.05) is 16.2 Å². The first-order valence-electron chi connectivity index (χ1n) is 9.28. The van der Waals surface area contributed by atoms with Gasteiger partial charge in [0.25, 0.3) is 10.0 Å².